The Hall–Kier alpha value is -4.25. The van der Waals surface area contributed by atoms with Gasteiger partial charge in [-0.25, -0.2) is 9.78 Å². The number of nitrogens with two attached hydrogens (primary N) is 5. The zero-order valence-electron chi connectivity index (χ0n) is 22.3. The second-order valence-electron chi connectivity index (χ2n) is 9.15. The number of guanidine groups is 1. The fourth-order valence-corrected chi connectivity index (χ4v) is 3.63. The Morgan fingerprint density at radius 1 is 0.900 bits per heavy atom. The molecule has 0 fully saturated rings. The highest BCUT2D eigenvalue weighted by Gasteiger charge is 2.30. The molecular formula is C23H41N11O6. The molecule has 1 aromatic heterocycles. The molecule has 0 aliphatic heterocycles. The van der Waals surface area contributed by atoms with E-state index in [0.29, 0.717) is 25.1 Å². The first-order chi connectivity index (χ1) is 18.9. The lowest BCUT2D eigenvalue weighted by Gasteiger charge is -2.25. The second-order valence-corrected chi connectivity index (χ2v) is 9.15. The lowest BCUT2D eigenvalue weighted by molar-refractivity contribution is -0.142. The number of aromatic amines is 1. The van der Waals surface area contributed by atoms with Gasteiger partial charge < -0.3 is 54.7 Å². The Morgan fingerprint density at radius 3 is 2.05 bits per heavy atom. The van der Waals surface area contributed by atoms with Crippen molar-refractivity contribution in [3.8, 4) is 0 Å². The highest BCUT2D eigenvalue weighted by Crippen LogP contribution is 2.07. The van der Waals surface area contributed by atoms with Gasteiger partial charge in [-0.2, -0.15) is 0 Å². The number of primary amides is 1. The topological polar surface area (TPSA) is 313 Å². The number of hydrogen-bond donors (Lipinski definition) is 10. The first-order valence-electron chi connectivity index (χ1n) is 12.8. The fraction of sp³-hybridized carbons (Fsp3) is 0.609. The molecule has 1 rings (SSSR count). The summed E-state index contributed by atoms with van der Waals surface area (Å²) < 4.78 is 0. The van der Waals surface area contributed by atoms with E-state index in [9.17, 15) is 29.1 Å². The third kappa shape index (κ3) is 13.5. The number of nitrogens with zero attached hydrogens (tertiary/aromatic N) is 2. The van der Waals surface area contributed by atoms with E-state index in [0.717, 1.165) is 0 Å². The molecule has 4 atom stereocenters. The van der Waals surface area contributed by atoms with Crippen LogP contribution in [0.5, 0.6) is 0 Å². The Morgan fingerprint density at radius 2 is 1.50 bits per heavy atom. The number of H-pyrrole nitrogens is 1. The zero-order chi connectivity index (χ0) is 30.1. The van der Waals surface area contributed by atoms with Crippen LogP contribution in [0.25, 0.3) is 0 Å². The molecule has 0 radical (unpaired) electrons. The van der Waals surface area contributed by atoms with Crippen LogP contribution in [0.15, 0.2) is 17.5 Å². The molecule has 0 aromatic carbocycles. The molecule has 0 spiro atoms. The van der Waals surface area contributed by atoms with Crippen molar-refractivity contribution in [1.29, 1.82) is 0 Å². The summed E-state index contributed by atoms with van der Waals surface area (Å²) in [5.74, 6) is -4.35. The molecular weight excluding hydrogens is 526 g/mol. The summed E-state index contributed by atoms with van der Waals surface area (Å²) in [7, 11) is 0. The molecule has 15 N–H and O–H groups in total. The molecule has 40 heavy (non-hydrogen) atoms. The van der Waals surface area contributed by atoms with Crippen LogP contribution in [0.4, 0.5) is 0 Å². The standard InChI is InChI=1S/C23H41N11O6/c24-8-2-1-4-15(32-19(36)14(25)10-13-11-29-12-31-13)20(37)33-16(6-7-18(26)35)21(38)34-17(22(39)40)5-3-9-30-23(27)28/h11-12,14-17H,1-10,24-25H2,(H2,26,35)(H,29,31)(H,32,36)(H,33,37)(H,34,38)(H,39,40)(H4,27,28,30). The summed E-state index contributed by atoms with van der Waals surface area (Å²) in [6.45, 7) is 0.515. The highest BCUT2D eigenvalue weighted by molar-refractivity contribution is 5.94. The average Bonchev–Trinajstić information content (AvgIpc) is 3.40. The summed E-state index contributed by atoms with van der Waals surface area (Å²) in [5, 5.41) is 17.0. The lowest BCUT2D eigenvalue weighted by Crippen LogP contribution is -2.57. The van der Waals surface area contributed by atoms with Crippen molar-refractivity contribution in [3.05, 3.63) is 18.2 Å². The van der Waals surface area contributed by atoms with Gasteiger partial charge in [-0.1, -0.05) is 0 Å². The number of aromatic nitrogens is 2. The number of hydrogen-bond acceptors (Lipinski definition) is 9. The number of aliphatic imine (C=N–C) groups is 1. The molecule has 0 saturated heterocycles. The minimum absolute atomic E-state index is 0.000328. The minimum Gasteiger partial charge on any atom is -0.480 e. The fourth-order valence-electron chi connectivity index (χ4n) is 3.63. The molecule has 0 bridgehead atoms. The van der Waals surface area contributed by atoms with Gasteiger partial charge in [0.25, 0.3) is 0 Å². The molecule has 1 aromatic rings. The summed E-state index contributed by atoms with van der Waals surface area (Å²) in [6, 6.07) is -4.69. The van der Waals surface area contributed by atoms with Crippen molar-refractivity contribution in [2.45, 2.75) is 75.5 Å². The van der Waals surface area contributed by atoms with Gasteiger partial charge in [0.1, 0.15) is 18.1 Å². The van der Waals surface area contributed by atoms with E-state index in [-0.39, 0.29) is 51.0 Å². The Balaban J connectivity index is 2.96. The van der Waals surface area contributed by atoms with Gasteiger partial charge in [0.15, 0.2) is 5.96 Å². The maximum Gasteiger partial charge on any atom is 0.326 e. The van der Waals surface area contributed by atoms with Crippen molar-refractivity contribution in [1.82, 2.24) is 25.9 Å². The number of carboxylic acids is 1. The number of imidazole rings is 1. The van der Waals surface area contributed by atoms with Crippen molar-refractivity contribution in [2.24, 2.45) is 33.7 Å². The van der Waals surface area contributed by atoms with Crippen LogP contribution >= 0.6 is 0 Å². The van der Waals surface area contributed by atoms with E-state index in [1.807, 2.05) is 0 Å². The zero-order valence-corrected chi connectivity index (χ0v) is 22.3. The third-order valence-electron chi connectivity index (χ3n) is 5.78. The van der Waals surface area contributed by atoms with Crippen molar-refractivity contribution < 1.29 is 29.1 Å². The molecule has 0 aliphatic rings. The predicted octanol–water partition coefficient (Wildman–Crippen LogP) is -3.73. The van der Waals surface area contributed by atoms with Gasteiger partial charge in [0, 0.05) is 31.3 Å². The molecule has 17 nitrogen and oxygen atoms in total. The normalized spacial score (nSPS) is 13.8. The number of rotatable bonds is 20. The van der Waals surface area contributed by atoms with Crippen LogP contribution in [-0.2, 0) is 30.4 Å². The monoisotopic (exact) mass is 567 g/mol. The molecule has 17 heteroatoms. The van der Waals surface area contributed by atoms with Gasteiger partial charge in [-0.05, 0) is 45.1 Å². The van der Waals surface area contributed by atoms with Crippen LogP contribution in [0.2, 0.25) is 0 Å². The van der Waals surface area contributed by atoms with Crippen molar-refractivity contribution in [2.75, 3.05) is 13.1 Å². The van der Waals surface area contributed by atoms with Crippen LogP contribution in [-0.4, -0.2) is 87.9 Å². The van der Waals surface area contributed by atoms with Gasteiger partial charge in [0.2, 0.25) is 23.6 Å². The smallest absolute Gasteiger partial charge is 0.326 e. The summed E-state index contributed by atoms with van der Waals surface area (Å²) >= 11 is 0. The van der Waals surface area contributed by atoms with E-state index < -0.39 is 53.8 Å². The Labute approximate surface area is 231 Å². The number of carboxylic acid groups (broad SMARTS) is 1. The van der Waals surface area contributed by atoms with E-state index in [1.165, 1.54) is 12.5 Å². The number of unbranched alkanes of at least 4 members (excludes halogenated alkanes) is 1. The summed E-state index contributed by atoms with van der Waals surface area (Å²) in [5.41, 5.74) is 27.9. The van der Waals surface area contributed by atoms with E-state index in [2.05, 4.69) is 30.9 Å². The van der Waals surface area contributed by atoms with Gasteiger partial charge in [0.05, 0.1) is 12.4 Å². The molecule has 0 saturated carbocycles. The Kier molecular flexibility index (Phi) is 15.3. The largest absolute Gasteiger partial charge is 0.480 e. The first-order valence-corrected chi connectivity index (χ1v) is 12.8. The first kappa shape index (κ1) is 33.8. The second kappa shape index (κ2) is 18.1. The number of nitrogens with one attached hydrogen (secondary N) is 4. The SMILES string of the molecule is NCCCCC(NC(=O)C(N)Cc1cnc[nH]1)C(=O)NC(CCC(N)=O)C(=O)NC(CCCN=C(N)N)C(=O)O. The number of amides is 4. The van der Waals surface area contributed by atoms with E-state index >= 15 is 0 Å². The number of carbonyl (C=O) groups is 5. The Bertz CT molecular complexity index is 997. The van der Waals surface area contributed by atoms with Crippen LogP contribution < -0.4 is 44.6 Å². The van der Waals surface area contributed by atoms with Crippen LogP contribution in [0.1, 0.15) is 50.6 Å². The quantitative estimate of drug-likeness (QED) is 0.0414. The summed E-state index contributed by atoms with van der Waals surface area (Å²) in [4.78, 5) is 72.5. The molecule has 4 unspecified atom stereocenters. The van der Waals surface area contributed by atoms with Crippen LogP contribution in [0.3, 0.4) is 0 Å². The van der Waals surface area contributed by atoms with Crippen molar-refractivity contribution >= 4 is 35.6 Å². The number of carbonyl (C=O) groups excluding carboxylic acids is 4. The van der Waals surface area contributed by atoms with E-state index in [4.69, 9.17) is 28.7 Å². The average molecular weight is 568 g/mol. The van der Waals surface area contributed by atoms with Gasteiger partial charge in [-0.3, -0.25) is 24.2 Å². The summed E-state index contributed by atoms with van der Waals surface area (Å²) in [6.07, 6.45) is 4.15. The minimum atomic E-state index is -1.31. The van der Waals surface area contributed by atoms with Gasteiger partial charge in [-0.15, -0.1) is 0 Å². The molecule has 1 heterocycles. The van der Waals surface area contributed by atoms with Crippen molar-refractivity contribution in [3.63, 3.8) is 0 Å². The predicted molar refractivity (Wildman–Crippen MR) is 145 cm³/mol. The maximum absolute atomic E-state index is 13.2. The number of aliphatic carboxylic acids is 1. The third-order valence-corrected chi connectivity index (χ3v) is 5.78. The van der Waals surface area contributed by atoms with E-state index in [1.54, 1.807) is 0 Å². The molecule has 0 aliphatic carbocycles. The van der Waals surface area contributed by atoms with Gasteiger partial charge >= 0.3 is 5.97 Å². The lowest BCUT2D eigenvalue weighted by atomic mass is 10.0. The highest BCUT2D eigenvalue weighted by atomic mass is 16.4. The molecule has 4 amide bonds. The molecule has 224 valence electrons. The van der Waals surface area contributed by atoms with Crippen LogP contribution in [0, 0.1) is 0 Å². The maximum atomic E-state index is 13.2.